The molecule has 1 N–H and O–H groups in total. The van der Waals surface area contributed by atoms with Crippen LogP contribution in [0, 0.1) is 0 Å². The fraction of sp³-hybridized carbons (Fsp3) is 0.500. The first-order chi connectivity index (χ1) is 1.73. The Hall–Kier alpha value is 2.52. The van der Waals surface area contributed by atoms with Crippen LogP contribution in [0.15, 0.2) is 0 Å². The number of hydrogen-bond donors (Lipinski definition) is 1. The molecule has 0 aromatic carbocycles. The number of hydrogen-bond acceptors (Lipinski definition) is 1. The molecule has 0 aliphatic rings. The molecule has 0 aliphatic carbocycles. The summed E-state index contributed by atoms with van der Waals surface area (Å²) in [5.74, 6) is -0.833. The van der Waals surface area contributed by atoms with E-state index in [4.69, 9.17) is 9.90 Å². The van der Waals surface area contributed by atoms with Crippen LogP contribution in [0.2, 0.25) is 0 Å². The van der Waals surface area contributed by atoms with Crippen molar-refractivity contribution in [1.82, 2.24) is 0 Å². The molecule has 0 saturated heterocycles. The Labute approximate surface area is 114 Å². The van der Waals surface area contributed by atoms with Crippen LogP contribution in [-0.2, 0) is 4.79 Å². The molecule has 4 heteroatoms. The van der Waals surface area contributed by atoms with Gasteiger partial charge in [0.25, 0.3) is 5.97 Å². The second-order valence-corrected chi connectivity index (χ2v) is 0.519. The quantitative estimate of drug-likeness (QED) is 0.538. The van der Waals surface area contributed by atoms with Crippen molar-refractivity contribution in [2.45, 2.75) is 6.92 Å². The van der Waals surface area contributed by atoms with Gasteiger partial charge in [0.15, 0.2) is 0 Å². The van der Waals surface area contributed by atoms with Gasteiger partial charge in [0.2, 0.25) is 0 Å². The molecule has 0 spiro atoms. The van der Waals surface area contributed by atoms with Crippen LogP contribution in [0.5, 0.6) is 0 Å². The molecule has 0 rings (SSSR count). The summed E-state index contributed by atoms with van der Waals surface area (Å²) in [7, 11) is 0. The zero-order valence-corrected chi connectivity index (χ0v) is 2.36. The van der Waals surface area contributed by atoms with Crippen molar-refractivity contribution in [3.05, 3.63) is 0 Å². The summed E-state index contributed by atoms with van der Waals surface area (Å²) in [5, 5.41) is 7.42. The third kappa shape index (κ3) is 31.3. The number of carboxylic acid groups (broad SMARTS) is 1. The van der Waals surface area contributed by atoms with Crippen LogP contribution < -0.4 is 0 Å². The van der Waals surface area contributed by atoms with E-state index in [0.717, 1.165) is 6.92 Å². The van der Waals surface area contributed by atoms with Gasteiger partial charge in [-0.2, -0.15) is 0 Å². The molecule has 2 nitrogen and oxygen atoms in total. The van der Waals surface area contributed by atoms with E-state index in [-0.39, 0.29) is 94.4 Å². The molecule has 0 bridgehead atoms. The van der Waals surface area contributed by atoms with Crippen molar-refractivity contribution < 1.29 is 9.90 Å². The molecule has 32 valence electrons. The predicted octanol–water partition coefficient (Wildman–Crippen LogP) is -1.74. The zero-order chi connectivity index (χ0) is 3.58. The topological polar surface area (TPSA) is 37.3 Å². The van der Waals surface area contributed by atoms with Crippen molar-refractivity contribution in [2.24, 2.45) is 0 Å². The van der Waals surface area contributed by atoms with E-state index >= 15 is 0 Å². The summed E-state index contributed by atoms with van der Waals surface area (Å²) < 4.78 is 0. The van der Waals surface area contributed by atoms with Crippen molar-refractivity contribution in [2.75, 3.05) is 0 Å². The summed E-state index contributed by atoms with van der Waals surface area (Å²) in [6, 6.07) is 0. The Morgan fingerprint density at radius 1 is 1.67 bits per heavy atom. The fourth-order valence-electron chi connectivity index (χ4n) is 0. The van der Waals surface area contributed by atoms with Gasteiger partial charge in [-0.15, -0.1) is 0 Å². The Morgan fingerprint density at radius 2 is 1.67 bits per heavy atom. The van der Waals surface area contributed by atoms with Crippen LogP contribution in [0.1, 0.15) is 6.92 Å². The Bertz CT molecular complexity index is 34.5. The fourth-order valence-corrected chi connectivity index (χ4v) is 0. The summed E-state index contributed by atoms with van der Waals surface area (Å²) in [5.41, 5.74) is 0. The van der Waals surface area contributed by atoms with E-state index in [1.165, 1.54) is 0 Å². The molecule has 0 fully saturated rings. The summed E-state index contributed by atoms with van der Waals surface area (Å²) in [6.07, 6.45) is 0. The maximum atomic E-state index is 9.00. The minimum atomic E-state index is -0.833. The Morgan fingerprint density at radius 3 is 1.67 bits per heavy atom. The van der Waals surface area contributed by atoms with Crippen molar-refractivity contribution in [3.8, 4) is 0 Å². The van der Waals surface area contributed by atoms with Crippen LogP contribution in [0.25, 0.3) is 0 Å². The van der Waals surface area contributed by atoms with E-state index in [1.807, 2.05) is 0 Å². The molecular weight excluding hydrogens is 281 g/mol. The van der Waals surface area contributed by atoms with Gasteiger partial charge in [0, 0.05) is 6.92 Å². The first-order valence-corrected chi connectivity index (χ1v) is 0.928. The SMILES string of the molecule is CC(=O)O.[BaH2].[SrH2]. The van der Waals surface area contributed by atoms with Crippen molar-refractivity contribution in [1.29, 1.82) is 0 Å². The van der Waals surface area contributed by atoms with Crippen LogP contribution in [-0.4, -0.2) is 105 Å². The molecule has 0 radical (unpaired) electrons. The normalized spacial score (nSPS) is 4.17. The third-order valence-corrected chi connectivity index (χ3v) is 0. The van der Waals surface area contributed by atoms with E-state index in [0.29, 0.717) is 0 Å². The Balaban J connectivity index is -0.0000000450. The predicted molar refractivity (Wildman–Crippen MR) is 30.4 cm³/mol. The molecule has 0 aliphatic heterocycles. The second kappa shape index (κ2) is 10.5. The third-order valence-electron chi connectivity index (χ3n) is 0. The molecule has 0 unspecified atom stereocenters. The first kappa shape index (κ1) is 15.8. The summed E-state index contributed by atoms with van der Waals surface area (Å²) in [4.78, 5) is 9.00. The average Bonchev–Trinajstić information content (AvgIpc) is 0.811. The molecule has 6 heavy (non-hydrogen) atoms. The first-order valence-electron chi connectivity index (χ1n) is 0.928. The number of aliphatic carboxylic acids is 1. The number of rotatable bonds is 0. The van der Waals surface area contributed by atoms with Gasteiger partial charge >= 0.3 is 94.4 Å². The van der Waals surface area contributed by atoms with Crippen molar-refractivity contribution in [3.63, 3.8) is 0 Å². The van der Waals surface area contributed by atoms with E-state index in [1.54, 1.807) is 0 Å². The van der Waals surface area contributed by atoms with Crippen molar-refractivity contribution >= 4 is 100 Å². The van der Waals surface area contributed by atoms with Crippen LogP contribution in [0.3, 0.4) is 0 Å². The number of carboxylic acids is 1. The Kier molecular flexibility index (Phi) is 27.7. The molecule has 0 heterocycles. The minimum absolute atomic E-state index is 0. The standard InChI is InChI=1S/C2H4O2.Ba.Sr.4H/c1-2(3)4;;;;;;/h1H3,(H,3,4);;;;;;. The molecule has 0 atom stereocenters. The van der Waals surface area contributed by atoms with Gasteiger partial charge < -0.3 is 5.11 Å². The van der Waals surface area contributed by atoms with E-state index < -0.39 is 5.97 Å². The zero-order valence-electron chi connectivity index (χ0n) is 2.36. The van der Waals surface area contributed by atoms with Crippen LogP contribution >= 0.6 is 0 Å². The maximum absolute atomic E-state index is 9.00. The summed E-state index contributed by atoms with van der Waals surface area (Å²) in [6.45, 7) is 1.08. The molecule has 0 aromatic heterocycles. The van der Waals surface area contributed by atoms with E-state index in [9.17, 15) is 0 Å². The van der Waals surface area contributed by atoms with Crippen LogP contribution in [0.4, 0.5) is 0 Å². The average molecular weight is 289 g/mol. The van der Waals surface area contributed by atoms with Gasteiger partial charge in [-0.1, -0.05) is 0 Å². The van der Waals surface area contributed by atoms with Gasteiger partial charge in [-0.05, 0) is 0 Å². The number of carbonyl (C=O) groups is 1. The van der Waals surface area contributed by atoms with Gasteiger partial charge in [0.1, 0.15) is 0 Å². The molecule has 0 saturated carbocycles. The summed E-state index contributed by atoms with van der Waals surface area (Å²) >= 11 is 0. The molecule has 0 amide bonds. The molecule has 0 aromatic rings. The van der Waals surface area contributed by atoms with Gasteiger partial charge in [-0.25, -0.2) is 0 Å². The monoisotopic (exact) mass is 290 g/mol. The van der Waals surface area contributed by atoms with E-state index in [2.05, 4.69) is 0 Å². The molecular formula is C2H8BaO2Sr. The van der Waals surface area contributed by atoms with Gasteiger partial charge in [0.05, 0.1) is 0 Å². The second-order valence-electron chi connectivity index (χ2n) is 0.519. The van der Waals surface area contributed by atoms with Gasteiger partial charge in [-0.3, -0.25) is 4.79 Å².